The highest BCUT2D eigenvalue weighted by Crippen LogP contribution is 2.21. The van der Waals surface area contributed by atoms with Crippen LogP contribution in [0.4, 0.5) is 19.0 Å². The average molecular weight is 399 g/mol. The summed E-state index contributed by atoms with van der Waals surface area (Å²) >= 11 is 0. The summed E-state index contributed by atoms with van der Waals surface area (Å²) in [6.45, 7) is 3.33. The van der Waals surface area contributed by atoms with Crippen LogP contribution in [0.3, 0.4) is 0 Å². The number of halogens is 3. The zero-order chi connectivity index (χ0) is 21.1. The fourth-order valence-electron chi connectivity index (χ4n) is 2.40. The minimum Gasteiger partial charge on any atom is -0.468 e. The van der Waals surface area contributed by atoms with E-state index in [1.165, 1.54) is 14.0 Å². The topological polar surface area (TPSA) is 98.1 Å². The Morgan fingerprint density at radius 3 is 2.57 bits per heavy atom. The monoisotopic (exact) mass is 399 g/mol. The first kappa shape index (κ1) is 21.2. The molecular weight excluding hydrogens is 379 g/mol. The van der Waals surface area contributed by atoms with Gasteiger partial charge in [-0.05, 0) is 31.5 Å². The number of ether oxygens (including phenoxy) is 1. The van der Waals surface area contributed by atoms with Crippen molar-refractivity contribution in [1.82, 2.24) is 20.1 Å². The van der Waals surface area contributed by atoms with E-state index in [0.717, 1.165) is 10.7 Å². The van der Waals surface area contributed by atoms with Crippen LogP contribution in [0.2, 0.25) is 0 Å². The third kappa shape index (κ3) is 5.96. The van der Waals surface area contributed by atoms with Gasteiger partial charge in [0, 0.05) is 25.7 Å². The van der Waals surface area contributed by atoms with Gasteiger partial charge in [-0.25, -0.2) is 9.67 Å². The van der Waals surface area contributed by atoms with Gasteiger partial charge in [-0.1, -0.05) is 0 Å². The van der Waals surface area contributed by atoms with Gasteiger partial charge in [0.25, 0.3) is 5.91 Å². The summed E-state index contributed by atoms with van der Waals surface area (Å²) in [5.41, 5.74) is 1.25. The predicted molar refractivity (Wildman–Crippen MR) is 93.9 cm³/mol. The smallest absolute Gasteiger partial charge is 0.422 e. The van der Waals surface area contributed by atoms with Gasteiger partial charge in [0.05, 0.1) is 6.04 Å². The van der Waals surface area contributed by atoms with Crippen LogP contribution in [0.5, 0.6) is 5.88 Å². The maximum absolute atomic E-state index is 12.4. The summed E-state index contributed by atoms with van der Waals surface area (Å²) in [6, 6.07) is 4.03. The SMILES string of the molecule is CC(=O)Nc1cc(C(C)NC(=O)c2cc(OCC(F)(F)F)n(C)n2)cc(C)n1. The Hall–Kier alpha value is -3.11. The molecule has 28 heavy (non-hydrogen) atoms. The second-order valence-corrected chi connectivity index (χ2v) is 6.20. The lowest BCUT2D eigenvalue weighted by atomic mass is 10.1. The molecule has 0 spiro atoms. The predicted octanol–water partition coefficient (Wildman–Crippen LogP) is 2.51. The van der Waals surface area contributed by atoms with Crippen molar-refractivity contribution in [1.29, 1.82) is 0 Å². The summed E-state index contributed by atoms with van der Waals surface area (Å²) < 4.78 is 42.5. The van der Waals surface area contributed by atoms with Crippen molar-refractivity contribution >= 4 is 17.6 Å². The summed E-state index contributed by atoms with van der Waals surface area (Å²) in [6.07, 6.45) is -4.49. The maximum Gasteiger partial charge on any atom is 0.422 e. The Balaban J connectivity index is 2.10. The van der Waals surface area contributed by atoms with Gasteiger partial charge < -0.3 is 15.4 Å². The summed E-state index contributed by atoms with van der Waals surface area (Å²) in [5.74, 6) is -0.687. The van der Waals surface area contributed by atoms with Crippen molar-refractivity contribution in [2.75, 3.05) is 11.9 Å². The molecular formula is C17H20F3N5O3. The Kier molecular flexibility index (Phi) is 6.26. The molecule has 0 bridgehead atoms. The number of pyridine rings is 1. The molecule has 0 aliphatic rings. The van der Waals surface area contributed by atoms with Gasteiger partial charge in [-0.2, -0.15) is 18.3 Å². The minimum absolute atomic E-state index is 0.0839. The van der Waals surface area contributed by atoms with Gasteiger partial charge in [-0.15, -0.1) is 0 Å². The van der Waals surface area contributed by atoms with E-state index in [0.29, 0.717) is 17.1 Å². The van der Waals surface area contributed by atoms with Crippen LogP contribution in [0.15, 0.2) is 18.2 Å². The van der Waals surface area contributed by atoms with Crippen molar-refractivity contribution in [3.05, 3.63) is 35.2 Å². The van der Waals surface area contributed by atoms with Gasteiger partial charge in [0.15, 0.2) is 12.3 Å². The highest BCUT2D eigenvalue weighted by molar-refractivity contribution is 5.93. The lowest BCUT2D eigenvalue weighted by molar-refractivity contribution is -0.154. The number of hydrogen-bond donors (Lipinski definition) is 2. The number of carbonyl (C=O) groups is 2. The highest BCUT2D eigenvalue weighted by atomic mass is 19.4. The van der Waals surface area contributed by atoms with Crippen molar-refractivity contribution in [2.24, 2.45) is 7.05 Å². The van der Waals surface area contributed by atoms with Crippen LogP contribution in [-0.2, 0) is 11.8 Å². The van der Waals surface area contributed by atoms with Gasteiger partial charge in [0.2, 0.25) is 11.8 Å². The van der Waals surface area contributed by atoms with E-state index in [-0.39, 0.29) is 17.5 Å². The molecule has 1 atom stereocenters. The first-order chi connectivity index (χ1) is 12.9. The molecule has 1 unspecified atom stereocenters. The molecule has 0 aliphatic heterocycles. The Labute approximate surface area is 159 Å². The second-order valence-electron chi connectivity index (χ2n) is 6.20. The number of amides is 2. The standard InChI is InChI=1S/C17H20F3N5O3/c1-9-5-12(6-14(21-9)23-11(3)26)10(2)22-16(27)13-7-15(25(4)24-13)28-8-17(18,19)20/h5-7,10H,8H2,1-4H3,(H,22,27)(H,21,23,26). The molecule has 0 aromatic carbocycles. The molecule has 0 radical (unpaired) electrons. The van der Waals surface area contributed by atoms with E-state index in [4.69, 9.17) is 0 Å². The first-order valence-corrected chi connectivity index (χ1v) is 8.25. The molecule has 0 aliphatic carbocycles. The molecule has 152 valence electrons. The number of anilines is 1. The molecule has 2 amide bonds. The largest absolute Gasteiger partial charge is 0.468 e. The second kappa shape index (κ2) is 8.28. The number of nitrogens with one attached hydrogen (secondary N) is 2. The quantitative estimate of drug-likeness (QED) is 0.778. The molecule has 2 heterocycles. The number of rotatable bonds is 6. The van der Waals surface area contributed by atoms with Gasteiger partial charge in [-0.3, -0.25) is 9.59 Å². The van der Waals surface area contributed by atoms with Crippen LogP contribution < -0.4 is 15.4 Å². The molecule has 0 saturated carbocycles. The number of hydrogen-bond acceptors (Lipinski definition) is 5. The molecule has 0 fully saturated rings. The third-order valence-electron chi connectivity index (χ3n) is 3.58. The molecule has 2 aromatic rings. The molecule has 8 nitrogen and oxygen atoms in total. The molecule has 2 aromatic heterocycles. The lowest BCUT2D eigenvalue weighted by Crippen LogP contribution is -2.27. The van der Waals surface area contributed by atoms with Crippen LogP contribution >= 0.6 is 0 Å². The van der Waals surface area contributed by atoms with E-state index in [9.17, 15) is 22.8 Å². The Morgan fingerprint density at radius 1 is 1.29 bits per heavy atom. The average Bonchev–Trinajstić information content (AvgIpc) is 2.92. The number of nitrogens with zero attached hydrogens (tertiary/aromatic N) is 3. The van der Waals surface area contributed by atoms with Crippen molar-refractivity contribution in [3.63, 3.8) is 0 Å². The summed E-state index contributed by atoms with van der Waals surface area (Å²) in [7, 11) is 1.37. The van der Waals surface area contributed by atoms with Gasteiger partial charge in [0.1, 0.15) is 5.82 Å². The van der Waals surface area contributed by atoms with Crippen LogP contribution in [0.1, 0.15) is 41.6 Å². The maximum atomic E-state index is 12.4. The van der Waals surface area contributed by atoms with Crippen LogP contribution in [0.25, 0.3) is 0 Å². The van der Waals surface area contributed by atoms with E-state index in [2.05, 4.69) is 25.5 Å². The van der Waals surface area contributed by atoms with E-state index < -0.39 is 24.7 Å². The molecule has 11 heteroatoms. The van der Waals surface area contributed by atoms with Crippen molar-refractivity contribution in [3.8, 4) is 5.88 Å². The lowest BCUT2D eigenvalue weighted by Gasteiger charge is -2.15. The minimum atomic E-state index is -4.49. The van der Waals surface area contributed by atoms with Gasteiger partial charge >= 0.3 is 6.18 Å². The molecule has 0 saturated heterocycles. The summed E-state index contributed by atoms with van der Waals surface area (Å²) in [4.78, 5) is 27.8. The number of aromatic nitrogens is 3. The third-order valence-corrected chi connectivity index (χ3v) is 3.58. The molecule has 2 rings (SSSR count). The van der Waals surface area contributed by atoms with E-state index >= 15 is 0 Å². The molecule has 2 N–H and O–H groups in total. The zero-order valence-electron chi connectivity index (χ0n) is 15.7. The Morgan fingerprint density at radius 2 is 1.96 bits per heavy atom. The zero-order valence-corrected chi connectivity index (χ0v) is 15.7. The van der Waals surface area contributed by atoms with Crippen LogP contribution in [-0.4, -0.2) is 39.4 Å². The normalized spacial score (nSPS) is 12.4. The Bertz CT molecular complexity index is 879. The van der Waals surface area contributed by atoms with Crippen LogP contribution in [0, 0.1) is 6.92 Å². The number of aryl methyl sites for hydroxylation is 2. The van der Waals surface area contributed by atoms with E-state index in [1.807, 2.05) is 0 Å². The van der Waals surface area contributed by atoms with Crippen molar-refractivity contribution < 1.29 is 27.5 Å². The number of alkyl halides is 3. The first-order valence-electron chi connectivity index (χ1n) is 8.25. The van der Waals surface area contributed by atoms with E-state index in [1.54, 1.807) is 26.0 Å². The van der Waals surface area contributed by atoms with Crippen molar-refractivity contribution in [2.45, 2.75) is 33.0 Å². The summed E-state index contributed by atoms with van der Waals surface area (Å²) in [5, 5.41) is 9.15. The highest BCUT2D eigenvalue weighted by Gasteiger charge is 2.29. The number of carbonyl (C=O) groups excluding carboxylic acids is 2. The fourth-order valence-corrected chi connectivity index (χ4v) is 2.40. The fraction of sp³-hybridized carbons (Fsp3) is 0.412.